The Kier molecular flexibility index (Phi) is 5.27. The predicted molar refractivity (Wildman–Crippen MR) is 98.3 cm³/mol. The highest BCUT2D eigenvalue weighted by molar-refractivity contribution is 5.95. The maximum atomic E-state index is 12.8. The summed E-state index contributed by atoms with van der Waals surface area (Å²) in [5, 5.41) is 3.19. The van der Waals surface area contributed by atoms with E-state index in [0.29, 0.717) is 36.2 Å². The van der Waals surface area contributed by atoms with Crippen molar-refractivity contribution in [3.8, 4) is 11.5 Å². The Hall–Kier alpha value is -2.49. The summed E-state index contributed by atoms with van der Waals surface area (Å²) in [7, 11) is 0. The lowest BCUT2D eigenvalue weighted by atomic mass is 10.0. The molecule has 1 amide bonds. The molecule has 2 unspecified atom stereocenters. The number of amides is 1. The van der Waals surface area contributed by atoms with E-state index < -0.39 is 0 Å². The molecule has 0 spiro atoms. The quantitative estimate of drug-likeness (QED) is 0.860. The van der Waals surface area contributed by atoms with Crippen LogP contribution in [0.2, 0.25) is 0 Å². The van der Waals surface area contributed by atoms with Crippen molar-refractivity contribution in [2.24, 2.45) is 5.92 Å². The molecule has 1 aliphatic carbocycles. The molecule has 3 rings (SSSR count). The predicted octanol–water partition coefficient (Wildman–Crippen LogP) is 4.15. The standard InChI is InChI=1S/C21H25NO3/c1-4-24-18-11-10-16(13-19(18)25-5-2)21(23)22-20-14(3)12-15-8-6-7-9-17(15)20/h6-11,13-14,20H,4-5,12H2,1-3H3,(H,22,23). The molecule has 0 bridgehead atoms. The molecule has 0 aliphatic heterocycles. The molecule has 0 radical (unpaired) electrons. The van der Waals surface area contributed by atoms with Gasteiger partial charge in [-0.3, -0.25) is 4.79 Å². The molecule has 0 heterocycles. The lowest BCUT2D eigenvalue weighted by Crippen LogP contribution is -2.30. The van der Waals surface area contributed by atoms with Crippen molar-refractivity contribution >= 4 is 5.91 Å². The van der Waals surface area contributed by atoms with E-state index in [1.165, 1.54) is 11.1 Å². The molecule has 25 heavy (non-hydrogen) atoms. The first-order chi connectivity index (χ1) is 12.1. The molecule has 0 saturated carbocycles. The highest BCUT2D eigenvalue weighted by atomic mass is 16.5. The van der Waals surface area contributed by atoms with E-state index in [2.05, 4.69) is 30.4 Å². The number of fused-ring (bicyclic) bond motifs is 1. The largest absolute Gasteiger partial charge is 0.490 e. The van der Waals surface area contributed by atoms with Crippen molar-refractivity contribution in [3.05, 3.63) is 59.2 Å². The average Bonchev–Trinajstić information content (AvgIpc) is 2.92. The molecule has 1 N–H and O–H groups in total. The lowest BCUT2D eigenvalue weighted by Gasteiger charge is -2.19. The monoisotopic (exact) mass is 339 g/mol. The Balaban J connectivity index is 1.80. The normalized spacial score (nSPS) is 18.5. The number of rotatable bonds is 6. The fourth-order valence-electron chi connectivity index (χ4n) is 3.43. The minimum Gasteiger partial charge on any atom is -0.490 e. The smallest absolute Gasteiger partial charge is 0.251 e. The van der Waals surface area contributed by atoms with Crippen LogP contribution in [0.5, 0.6) is 11.5 Å². The molecule has 0 fully saturated rings. The molecule has 2 aromatic rings. The van der Waals surface area contributed by atoms with E-state index in [1.54, 1.807) is 18.2 Å². The van der Waals surface area contributed by atoms with Gasteiger partial charge >= 0.3 is 0 Å². The maximum Gasteiger partial charge on any atom is 0.251 e. The number of ether oxygens (including phenoxy) is 2. The van der Waals surface area contributed by atoms with Gasteiger partial charge in [0.05, 0.1) is 19.3 Å². The van der Waals surface area contributed by atoms with Gasteiger partial charge in [0.25, 0.3) is 5.91 Å². The van der Waals surface area contributed by atoms with Crippen LogP contribution in [0.1, 0.15) is 48.3 Å². The van der Waals surface area contributed by atoms with Gasteiger partial charge in [-0.25, -0.2) is 0 Å². The maximum absolute atomic E-state index is 12.8. The van der Waals surface area contributed by atoms with Gasteiger partial charge in [0, 0.05) is 5.56 Å². The molecule has 0 saturated heterocycles. The number of benzene rings is 2. The molecule has 132 valence electrons. The summed E-state index contributed by atoms with van der Waals surface area (Å²) in [5.41, 5.74) is 3.13. The van der Waals surface area contributed by atoms with Crippen molar-refractivity contribution in [2.45, 2.75) is 33.2 Å². The van der Waals surface area contributed by atoms with Gasteiger partial charge in [0.1, 0.15) is 0 Å². The van der Waals surface area contributed by atoms with E-state index >= 15 is 0 Å². The summed E-state index contributed by atoms with van der Waals surface area (Å²) < 4.78 is 11.2. The van der Waals surface area contributed by atoms with Gasteiger partial charge in [-0.1, -0.05) is 31.2 Å². The third-order valence-electron chi connectivity index (χ3n) is 4.59. The third kappa shape index (κ3) is 3.63. The highest BCUT2D eigenvalue weighted by Gasteiger charge is 2.30. The molecule has 2 aromatic carbocycles. The first-order valence-corrected chi connectivity index (χ1v) is 8.92. The summed E-state index contributed by atoms with van der Waals surface area (Å²) in [6.45, 7) is 7.10. The minimum atomic E-state index is -0.0856. The van der Waals surface area contributed by atoms with Gasteiger partial charge < -0.3 is 14.8 Å². The molecule has 4 nitrogen and oxygen atoms in total. The summed E-state index contributed by atoms with van der Waals surface area (Å²) in [6.07, 6.45) is 0.995. The fraction of sp³-hybridized carbons (Fsp3) is 0.381. The zero-order chi connectivity index (χ0) is 17.8. The second-order valence-electron chi connectivity index (χ2n) is 6.36. The first-order valence-electron chi connectivity index (χ1n) is 8.92. The summed E-state index contributed by atoms with van der Waals surface area (Å²) >= 11 is 0. The van der Waals surface area contributed by atoms with Gasteiger partial charge in [-0.2, -0.15) is 0 Å². The van der Waals surface area contributed by atoms with Crippen molar-refractivity contribution in [1.29, 1.82) is 0 Å². The number of carbonyl (C=O) groups excluding carboxylic acids is 1. The van der Waals surface area contributed by atoms with Crippen LogP contribution in [-0.4, -0.2) is 19.1 Å². The zero-order valence-corrected chi connectivity index (χ0v) is 15.0. The average molecular weight is 339 g/mol. The molecular weight excluding hydrogens is 314 g/mol. The Labute approximate surface area is 149 Å². The van der Waals surface area contributed by atoms with Crippen LogP contribution in [0.25, 0.3) is 0 Å². The van der Waals surface area contributed by atoms with E-state index in [1.807, 2.05) is 19.9 Å². The zero-order valence-electron chi connectivity index (χ0n) is 15.0. The van der Waals surface area contributed by atoms with Crippen LogP contribution in [0.15, 0.2) is 42.5 Å². The summed E-state index contributed by atoms with van der Waals surface area (Å²) in [6, 6.07) is 13.7. The minimum absolute atomic E-state index is 0.0470. The van der Waals surface area contributed by atoms with E-state index in [-0.39, 0.29) is 11.9 Å². The Bertz CT molecular complexity index is 757. The lowest BCUT2D eigenvalue weighted by molar-refractivity contribution is 0.0926. The SMILES string of the molecule is CCOc1ccc(C(=O)NC2c3ccccc3CC2C)cc1OCC. The van der Waals surface area contributed by atoms with Crippen LogP contribution in [-0.2, 0) is 6.42 Å². The molecular formula is C21H25NO3. The second-order valence-corrected chi connectivity index (χ2v) is 6.36. The fourth-order valence-corrected chi connectivity index (χ4v) is 3.43. The number of carbonyl (C=O) groups is 1. The van der Waals surface area contributed by atoms with E-state index in [0.717, 1.165) is 6.42 Å². The Morgan fingerprint density at radius 3 is 2.56 bits per heavy atom. The van der Waals surface area contributed by atoms with E-state index in [9.17, 15) is 4.79 Å². The highest BCUT2D eigenvalue weighted by Crippen LogP contribution is 2.36. The van der Waals surface area contributed by atoms with Crippen LogP contribution < -0.4 is 14.8 Å². The van der Waals surface area contributed by atoms with Crippen molar-refractivity contribution in [3.63, 3.8) is 0 Å². The Morgan fingerprint density at radius 1 is 1.08 bits per heavy atom. The van der Waals surface area contributed by atoms with Crippen molar-refractivity contribution < 1.29 is 14.3 Å². The first kappa shape index (κ1) is 17.3. The molecule has 1 aliphatic rings. The van der Waals surface area contributed by atoms with Crippen LogP contribution in [0.4, 0.5) is 0 Å². The van der Waals surface area contributed by atoms with Crippen molar-refractivity contribution in [2.75, 3.05) is 13.2 Å². The summed E-state index contributed by atoms with van der Waals surface area (Å²) in [4.78, 5) is 12.8. The van der Waals surface area contributed by atoms with Gasteiger partial charge in [-0.05, 0) is 55.5 Å². The van der Waals surface area contributed by atoms with Crippen molar-refractivity contribution in [1.82, 2.24) is 5.32 Å². The second kappa shape index (κ2) is 7.60. The van der Waals surface area contributed by atoms with Gasteiger partial charge in [0.2, 0.25) is 0 Å². The third-order valence-corrected chi connectivity index (χ3v) is 4.59. The topological polar surface area (TPSA) is 47.6 Å². The summed E-state index contributed by atoms with van der Waals surface area (Å²) in [5.74, 6) is 1.57. The van der Waals surface area contributed by atoms with Crippen LogP contribution in [0.3, 0.4) is 0 Å². The Morgan fingerprint density at radius 2 is 1.80 bits per heavy atom. The molecule has 2 atom stereocenters. The number of nitrogens with one attached hydrogen (secondary N) is 1. The van der Waals surface area contributed by atoms with Gasteiger partial charge in [-0.15, -0.1) is 0 Å². The van der Waals surface area contributed by atoms with Crippen LogP contribution in [0, 0.1) is 5.92 Å². The number of hydrogen-bond acceptors (Lipinski definition) is 3. The van der Waals surface area contributed by atoms with Gasteiger partial charge in [0.15, 0.2) is 11.5 Å². The van der Waals surface area contributed by atoms with E-state index in [4.69, 9.17) is 9.47 Å². The molecule has 4 heteroatoms. The molecule has 0 aromatic heterocycles. The number of hydrogen-bond donors (Lipinski definition) is 1. The van der Waals surface area contributed by atoms with Crippen LogP contribution >= 0.6 is 0 Å².